The highest BCUT2D eigenvalue weighted by Gasteiger charge is 2.40. The van der Waals surface area contributed by atoms with Gasteiger partial charge in [0.15, 0.2) is 0 Å². The quantitative estimate of drug-likeness (QED) is 0.738. The number of nitrogens with zero attached hydrogens (tertiary/aromatic N) is 1. The number of rotatable bonds is 7. The number of sulfonamides is 1. The summed E-state index contributed by atoms with van der Waals surface area (Å²) in [5, 5.41) is 4.57. The Hall–Kier alpha value is -0.670. The van der Waals surface area contributed by atoms with Crippen LogP contribution in [0.3, 0.4) is 0 Å². The average Bonchev–Trinajstić information content (AvgIpc) is 3.23. The lowest BCUT2D eigenvalue weighted by Crippen LogP contribution is -2.53. The fourth-order valence-electron chi connectivity index (χ4n) is 2.70. The number of hydrogen-bond acceptors (Lipinski definition) is 5. The maximum atomic E-state index is 12.7. The van der Waals surface area contributed by atoms with Crippen LogP contribution in [-0.2, 0) is 14.8 Å². The highest BCUT2D eigenvalue weighted by molar-refractivity contribution is 7.91. The zero-order valence-corrected chi connectivity index (χ0v) is 16.5. The van der Waals surface area contributed by atoms with Gasteiger partial charge in [0, 0.05) is 18.6 Å². The van der Waals surface area contributed by atoms with Crippen LogP contribution in [0.2, 0.25) is 0 Å². The van der Waals surface area contributed by atoms with Crippen molar-refractivity contribution in [3.05, 3.63) is 17.5 Å². The van der Waals surface area contributed by atoms with E-state index in [9.17, 15) is 13.2 Å². The Morgan fingerprint density at radius 1 is 1.46 bits per heavy atom. The third-order valence-electron chi connectivity index (χ3n) is 4.59. The summed E-state index contributed by atoms with van der Waals surface area (Å²) < 4.78 is 26.9. The number of halogens is 1. The van der Waals surface area contributed by atoms with Crippen molar-refractivity contribution >= 4 is 39.7 Å². The maximum Gasteiger partial charge on any atom is 0.253 e. The molecular weight excluding hydrogens is 370 g/mol. The van der Waals surface area contributed by atoms with Gasteiger partial charge < -0.3 is 11.1 Å². The first-order chi connectivity index (χ1) is 10.8. The Morgan fingerprint density at radius 2 is 2.12 bits per heavy atom. The zero-order valence-electron chi connectivity index (χ0n) is 14.0. The number of thiophene rings is 1. The summed E-state index contributed by atoms with van der Waals surface area (Å²) in [5.41, 5.74) is 5.76. The molecule has 0 spiro atoms. The molecule has 9 heteroatoms. The fraction of sp³-hybridized carbons (Fsp3) is 0.667. The first-order valence-corrected chi connectivity index (χ1v) is 10.3. The van der Waals surface area contributed by atoms with Gasteiger partial charge >= 0.3 is 0 Å². The fourth-order valence-corrected chi connectivity index (χ4v) is 5.47. The normalized spacial score (nSPS) is 19.0. The lowest BCUT2D eigenvalue weighted by molar-refractivity contribution is -0.124. The van der Waals surface area contributed by atoms with E-state index in [2.05, 4.69) is 5.32 Å². The van der Waals surface area contributed by atoms with Gasteiger partial charge in [0.25, 0.3) is 10.0 Å². The van der Waals surface area contributed by atoms with Crippen LogP contribution in [0, 0.1) is 0 Å². The van der Waals surface area contributed by atoms with E-state index < -0.39 is 21.6 Å². The maximum absolute atomic E-state index is 12.7. The Bertz CT molecular complexity index is 630. The van der Waals surface area contributed by atoms with Crippen LogP contribution in [0.25, 0.3) is 0 Å². The molecule has 0 aromatic carbocycles. The summed E-state index contributed by atoms with van der Waals surface area (Å²) in [6.45, 7) is 4.72. The largest absolute Gasteiger partial charge is 0.353 e. The van der Waals surface area contributed by atoms with E-state index in [0.29, 0.717) is 25.9 Å². The topological polar surface area (TPSA) is 92.5 Å². The van der Waals surface area contributed by atoms with Gasteiger partial charge in [-0.05, 0) is 37.1 Å². The minimum atomic E-state index is -3.59. The third-order valence-corrected chi connectivity index (χ3v) is 7.87. The van der Waals surface area contributed by atoms with Crippen LogP contribution < -0.4 is 11.1 Å². The first-order valence-electron chi connectivity index (χ1n) is 7.96. The SMILES string of the molecule is CCC(N)(CC)CNC(=O)C1CCCN1S(=O)(=O)c1cccs1.Cl. The Labute approximate surface area is 154 Å². The van der Waals surface area contributed by atoms with E-state index in [4.69, 9.17) is 5.73 Å². The van der Waals surface area contributed by atoms with Gasteiger partial charge in [-0.2, -0.15) is 4.31 Å². The molecule has 2 heterocycles. The van der Waals surface area contributed by atoms with E-state index in [1.54, 1.807) is 17.5 Å². The van der Waals surface area contributed by atoms with Gasteiger partial charge in [-0.3, -0.25) is 4.79 Å². The van der Waals surface area contributed by atoms with Crippen molar-refractivity contribution < 1.29 is 13.2 Å². The first kappa shape index (κ1) is 21.4. The van der Waals surface area contributed by atoms with Crippen LogP contribution in [0.5, 0.6) is 0 Å². The van der Waals surface area contributed by atoms with Crippen molar-refractivity contribution in [2.45, 2.75) is 55.3 Å². The van der Waals surface area contributed by atoms with Gasteiger partial charge in [-0.15, -0.1) is 23.7 Å². The van der Waals surface area contributed by atoms with Crippen molar-refractivity contribution in [3.63, 3.8) is 0 Å². The Morgan fingerprint density at radius 3 is 2.67 bits per heavy atom. The molecule has 24 heavy (non-hydrogen) atoms. The second-order valence-corrected chi connectivity index (χ2v) is 9.06. The standard InChI is InChI=1S/C15H25N3O3S2.ClH/c1-3-15(16,4-2)11-17-14(19)12-7-5-9-18(12)23(20,21)13-8-6-10-22-13;/h6,8,10,12H,3-5,7,9,11,16H2,1-2H3,(H,17,19);1H. The Balaban J connectivity index is 0.00000288. The van der Waals surface area contributed by atoms with Crippen molar-refractivity contribution in [2.75, 3.05) is 13.1 Å². The van der Waals surface area contributed by atoms with Gasteiger partial charge in [0.1, 0.15) is 10.3 Å². The summed E-state index contributed by atoms with van der Waals surface area (Å²) in [4.78, 5) is 12.5. The lowest BCUT2D eigenvalue weighted by atomic mass is 9.94. The molecule has 1 aliphatic heterocycles. The molecule has 0 saturated carbocycles. The molecule has 6 nitrogen and oxygen atoms in total. The second kappa shape index (κ2) is 8.62. The molecule has 1 aromatic heterocycles. The molecule has 2 rings (SSSR count). The van der Waals surface area contributed by atoms with Gasteiger partial charge in [-0.1, -0.05) is 19.9 Å². The minimum absolute atomic E-state index is 0. The predicted molar refractivity (Wildman–Crippen MR) is 99.0 cm³/mol. The van der Waals surface area contributed by atoms with E-state index in [-0.39, 0.29) is 22.5 Å². The second-order valence-electron chi connectivity index (χ2n) is 5.99. The monoisotopic (exact) mass is 395 g/mol. The molecule has 1 fully saturated rings. The molecule has 3 N–H and O–H groups in total. The summed E-state index contributed by atoms with van der Waals surface area (Å²) >= 11 is 1.17. The summed E-state index contributed by atoms with van der Waals surface area (Å²) in [6, 6.07) is 2.64. The van der Waals surface area contributed by atoms with Crippen LogP contribution in [-0.4, -0.2) is 43.3 Å². The molecule has 1 amide bonds. The van der Waals surface area contributed by atoms with Crippen molar-refractivity contribution in [3.8, 4) is 0 Å². The molecule has 138 valence electrons. The van der Waals surface area contributed by atoms with Crippen molar-refractivity contribution in [1.82, 2.24) is 9.62 Å². The minimum Gasteiger partial charge on any atom is -0.353 e. The molecular formula is C15H26ClN3O3S2. The molecule has 0 bridgehead atoms. The lowest BCUT2D eigenvalue weighted by Gasteiger charge is -2.29. The van der Waals surface area contributed by atoms with Crippen LogP contribution in [0.4, 0.5) is 0 Å². The summed E-state index contributed by atoms with van der Waals surface area (Å²) in [5.74, 6) is -0.251. The van der Waals surface area contributed by atoms with Crippen LogP contribution in [0.15, 0.2) is 21.7 Å². The van der Waals surface area contributed by atoms with Crippen molar-refractivity contribution in [2.24, 2.45) is 5.73 Å². The predicted octanol–water partition coefficient (Wildman–Crippen LogP) is 1.96. The van der Waals surface area contributed by atoms with Crippen LogP contribution in [0.1, 0.15) is 39.5 Å². The molecule has 1 saturated heterocycles. The van der Waals surface area contributed by atoms with Crippen LogP contribution >= 0.6 is 23.7 Å². The van der Waals surface area contributed by atoms with E-state index in [1.165, 1.54) is 15.6 Å². The molecule has 1 aliphatic rings. The molecule has 0 radical (unpaired) electrons. The van der Waals surface area contributed by atoms with E-state index in [0.717, 1.165) is 12.8 Å². The number of nitrogens with two attached hydrogens (primary N) is 1. The molecule has 1 aromatic rings. The van der Waals surface area contributed by atoms with E-state index >= 15 is 0 Å². The van der Waals surface area contributed by atoms with Crippen molar-refractivity contribution in [1.29, 1.82) is 0 Å². The highest BCUT2D eigenvalue weighted by Crippen LogP contribution is 2.28. The Kier molecular flexibility index (Phi) is 7.68. The number of carbonyl (C=O) groups is 1. The van der Waals surface area contributed by atoms with Gasteiger partial charge in [-0.25, -0.2) is 8.42 Å². The number of carbonyl (C=O) groups excluding carboxylic acids is 1. The summed E-state index contributed by atoms with van der Waals surface area (Å²) in [6.07, 6.45) is 2.75. The molecule has 1 unspecified atom stereocenters. The zero-order chi connectivity index (χ0) is 17.1. The molecule has 1 atom stereocenters. The average molecular weight is 396 g/mol. The van der Waals surface area contributed by atoms with Gasteiger partial charge in [0.05, 0.1) is 0 Å². The highest BCUT2D eigenvalue weighted by atomic mass is 35.5. The summed E-state index contributed by atoms with van der Waals surface area (Å²) in [7, 11) is -3.59. The number of amides is 1. The third kappa shape index (κ3) is 4.49. The number of nitrogens with one attached hydrogen (secondary N) is 1. The van der Waals surface area contributed by atoms with E-state index in [1.807, 2.05) is 13.8 Å². The molecule has 0 aliphatic carbocycles. The smallest absolute Gasteiger partial charge is 0.253 e. The van der Waals surface area contributed by atoms with Gasteiger partial charge in [0.2, 0.25) is 5.91 Å². The number of hydrogen-bond donors (Lipinski definition) is 2.